The summed E-state index contributed by atoms with van der Waals surface area (Å²) in [6, 6.07) is 53.9. The Kier molecular flexibility index (Phi) is 13.0. The zero-order chi connectivity index (χ0) is 56.9. The molecule has 10 aromatic carbocycles. The van der Waals surface area contributed by atoms with Gasteiger partial charge in [0.1, 0.15) is 11.4 Å². The van der Waals surface area contributed by atoms with Gasteiger partial charge in [-0.3, -0.25) is 29.8 Å². The molecule has 0 aliphatic carbocycles. The lowest BCUT2D eigenvalue weighted by molar-refractivity contribution is -0.385. The van der Waals surface area contributed by atoms with Crippen LogP contribution >= 0.6 is 0 Å². The Morgan fingerprint density at radius 2 is 0.854 bits per heavy atom. The third kappa shape index (κ3) is 9.02. The molecule has 2 aromatic heterocycles. The number of methoxy groups -OCH3 is 2. The van der Waals surface area contributed by atoms with Crippen molar-refractivity contribution in [3.63, 3.8) is 0 Å². The Balaban J connectivity index is 0.857. The number of para-hydroxylation sites is 2. The molecule has 2 N–H and O–H groups in total. The van der Waals surface area contributed by atoms with Crippen molar-refractivity contribution in [2.75, 3.05) is 50.1 Å². The topological polar surface area (TPSA) is 230 Å². The van der Waals surface area contributed by atoms with Crippen molar-refractivity contribution in [3.05, 3.63) is 213 Å². The predicted octanol–water partition coefficient (Wildman–Crippen LogP) is 16.2. The Morgan fingerprint density at radius 1 is 0.451 bits per heavy atom. The van der Waals surface area contributed by atoms with Gasteiger partial charge in [-0.15, -0.1) is 10.2 Å². The summed E-state index contributed by atoms with van der Waals surface area (Å²) in [5.74, 6) is -0.589. The number of azo groups is 2. The molecule has 0 aliphatic heterocycles. The summed E-state index contributed by atoms with van der Waals surface area (Å²) >= 11 is 0. The van der Waals surface area contributed by atoms with Crippen LogP contribution in [0.3, 0.4) is 0 Å². The number of aromatic nitrogens is 2. The summed E-state index contributed by atoms with van der Waals surface area (Å²) < 4.78 is 12.1. The number of aromatic amines is 2. The van der Waals surface area contributed by atoms with E-state index in [0.717, 1.165) is 55.0 Å². The first-order valence-electron chi connectivity index (χ1n) is 25.7. The molecule has 402 valence electrons. The standard InChI is InChI=1S/C63H47N11O8/c1-70(40-26-22-38(23-27-40)66-68-58-54-36(20-30-48-46-16-6-8-18-52(46)64-56(48)54)32-50(60(58)81-4)62(75)71(2)42-12-10-14-44(34-42)73(77)78)41-28-24-39(25-29-41)67-69-59-55-37(21-31-49-47-17-7-9-19-53(47)65-57(49)55)33-51(61(59)82-5)63(76)72(3)43-13-11-15-45(35-43)74(79)80/h6-35,64-65H,1-5H3. The molecule has 82 heavy (non-hydrogen) atoms. The van der Waals surface area contributed by atoms with E-state index in [1.807, 2.05) is 133 Å². The molecule has 0 spiro atoms. The number of hydrogen-bond donors (Lipinski definition) is 2. The van der Waals surface area contributed by atoms with Gasteiger partial charge in [0.2, 0.25) is 0 Å². The number of carbonyl (C=O) groups is 2. The summed E-state index contributed by atoms with van der Waals surface area (Å²) in [4.78, 5) is 62.8. The lowest BCUT2D eigenvalue weighted by Gasteiger charge is -2.20. The van der Waals surface area contributed by atoms with Gasteiger partial charge < -0.3 is 34.1 Å². The first-order chi connectivity index (χ1) is 39.8. The number of hydrogen-bond acceptors (Lipinski definition) is 13. The van der Waals surface area contributed by atoms with Crippen LogP contribution in [0.5, 0.6) is 11.5 Å². The number of nitro benzene ring substituents is 2. The summed E-state index contributed by atoms with van der Waals surface area (Å²) in [6.07, 6.45) is 0. The number of benzene rings is 10. The quantitative estimate of drug-likeness (QED) is 0.0598. The highest BCUT2D eigenvalue weighted by atomic mass is 16.6. The van der Waals surface area contributed by atoms with Gasteiger partial charge in [0.05, 0.1) is 69.0 Å². The van der Waals surface area contributed by atoms with Crippen molar-refractivity contribution in [1.29, 1.82) is 0 Å². The van der Waals surface area contributed by atoms with Crippen LogP contribution in [0.4, 0.5) is 56.9 Å². The number of amides is 2. The first-order valence-corrected chi connectivity index (χ1v) is 25.7. The molecule has 19 heteroatoms. The molecule has 12 aromatic rings. The molecule has 0 radical (unpaired) electrons. The second kappa shape index (κ2) is 20.8. The fourth-order valence-corrected chi connectivity index (χ4v) is 10.5. The molecule has 0 unspecified atom stereocenters. The number of anilines is 4. The number of fused-ring (bicyclic) bond motifs is 10. The van der Waals surface area contributed by atoms with E-state index in [0.29, 0.717) is 55.7 Å². The first kappa shape index (κ1) is 51.4. The minimum absolute atomic E-state index is 0.152. The maximum Gasteiger partial charge on any atom is 0.271 e. The molecule has 0 aliphatic rings. The van der Waals surface area contributed by atoms with E-state index in [-0.39, 0.29) is 34.0 Å². The second-order valence-electron chi connectivity index (χ2n) is 19.4. The van der Waals surface area contributed by atoms with Crippen LogP contribution < -0.4 is 24.2 Å². The molecule has 0 atom stereocenters. The summed E-state index contributed by atoms with van der Waals surface area (Å²) in [5, 5.41) is 49.0. The van der Waals surface area contributed by atoms with E-state index in [1.165, 1.54) is 60.4 Å². The van der Waals surface area contributed by atoms with Gasteiger partial charge in [-0.2, -0.15) is 10.2 Å². The summed E-state index contributed by atoms with van der Waals surface area (Å²) in [7, 11) is 7.96. The molecule has 0 saturated carbocycles. The van der Waals surface area contributed by atoms with E-state index in [2.05, 4.69) is 9.97 Å². The Labute approximate surface area is 466 Å². The highest BCUT2D eigenvalue weighted by Gasteiger charge is 2.28. The number of ether oxygens (including phenoxy) is 2. The molecular formula is C63H47N11O8. The zero-order valence-corrected chi connectivity index (χ0v) is 44.6. The van der Waals surface area contributed by atoms with Crippen LogP contribution in [0.1, 0.15) is 20.7 Å². The van der Waals surface area contributed by atoms with Crippen LogP contribution in [0.15, 0.2) is 202 Å². The van der Waals surface area contributed by atoms with Gasteiger partial charge in [0.15, 0.2) is 11.5 Å². The molecule has 2 amide bonds. The van der Waals surface area contributed by atoms with Gasteiger partial charge in [-0.05, 0) is 95.7 Å². The Morgan fingerprint density at radius 3 is 1.24 bits per heavy atom. The van der Waals surface area contributed by atoms with E-state index < -0.39 is 21.7 Å². The lowest BCUT2D eigenvalue weighted by Crippen LogP contribution is -2.26. The van der Waals surface area contributed by atoms with Gasteiger partial charge in [0, 0.05) is 100 Å². The molecular weight excluding hydrogens is 1040 g/mol. The SMILES string of the molecule is COc1c(C(=O)N(C)c2cccc([N+](=O)[O-])c2)cc2ccc3c4ccccc4[nH]c3c2c1N=Nc1ccc(N(C)c2ccc(N=Nc3c(OC)c(C(=O)N(C)c4cccc([N+](=O)[O-])c4)cc4ccc5c6ccccc6[nH]c5c34)cc2)cc1. The fourth-order valence-electron chi connectivity index (χ4n) is 10.5. The van der Waals surface area contributed by atoms with E-state index in [1.54, 1.807) is 38.4 Å². The third-order valence-electron chi connectivity index (χ3n) is 14.8. The third-order valence-corrected chi connectivity index (χ3v) is 14.8. The maximum atomic E-state index is 14.4. The number of nitrogens with one attached hydrogen (secondary N) is 2. The van der Waals surface area contributed by atoms with Crippen LogP contribution in [0.2, 0.25) is 0 Å². The van der Waals surface area contributed by atoms with Crippen LogP contribution in [-0.2, 0) is 0 Å². The molecule has 0 saturated heterocycles. The largest absolute Gasteiger partial charge is 0.494 e. The Hall–Kier alpha value is -11.3. The van der Waals surface area contributed by atoms with Crippen LogP contribution in [-0.4, -0.2) is 67.0 Å². The maximum absolute atomic E-state index is 14.4. The van der Waals surface area contributed by atoms with Gasteiger partial charge in [-0.1, -0.05) is 72.8 Å². The summed E-state index contributed by atoms with van der Waals surface area (Å²) in [5.41, 5.74) is 7.46. The van der Waals surface area contributed by atoms with E-state index in [9.17, 15) is 29.8 Å². The number of H-pyrrole nitrogens is 2. The Bertz CT molecular complexity index is 4370. The average Bonchev–Trinajstić information content (AvgIpc) is 3.14. The molecule has 19 nitrogen and oxygen atoms in total. The molecule has 0 bridgehead atoms. The van der Waals surface area contributed by atoms with Crippen LogP contribution in [0.25, 0.3) is 65.2 Å². The minimum atomic E-state index is -0.509. The van der Waals surface area contributed by atoms with Crippen molar-refractivity contribution in [3.8, 4) is 11.5 Å². The number of carbonyl (C=O) groups excluding carboxylic acids is 2. The average molecular weight is 1090 g/mol. The molecule has 0 fully saturated rings. The monoisotopic (exact) mass is 1090 g/mol. The van der Waals surface area contributed by atoms with Crippen LogP contribution in [0, 0.1) is 20.2 Å². The van der Waals surface area contributed by atoms with Crippen molar-refractivity contribution < 1.29 is 28.9 Å². The number of nitrogens with zero attached hydrogens (tertiary/aromatic N) is 9. The van der Waals surface area contributed by atoms with Crippen molar-refractivity contribution in [2.24, 2.45) is 20.5 Å². The number of rotatable bonds is 14. The normalized spacial score (nSPS) is 11.7. The fraction of sp³-hybridized carbons (Fsp3) is 0.0794. The van der Waals surface area contributed by atoms with Gasteiger partial charge >= 0.3 is 0 Å². The van der Waals surface area contributed by atoms with Crippen molar-refractivity contribution in [2.45, 2.75) is 0 Å². The minimum Gasteiger partial charge on any atom is -0.494 e. The smallest absolute Gasteiger partial charge is 0.271 e. The molecule has 12 rings (SSSR count). The van der Waals surface area contributed by atoms with Gasteiger partial charge in [0.25, 0.3) is 23.2 Å². The van der Waals surface area contributed by atoms with E-state index >= 15 is 0 Å². The summed E-state index contributed by atoms with van der Waals surface area (Å²) in [6.45, 7) is 0. The van der Waals surface area contributed by atoms with Crippen molar-refractivity contribution in [1.82, 2.24) is 9.97 Å². The lowest BCUT2D eigenvalue weighted by atomic mass is 9.99. The highest BCUT2D eigenvalue weighted by molar-refractivity contribution is 6.24. The zero-order valence-electron chi connectivity index (χ0n) is 44.6. The highest BCUT2D eigenvalue weighted by Crippen LogP contribution is 2.47. The van der Waals surface area contributed by atoms with Crippen molar-refractivity contribution >= 4 is 134 Å². The molecule has 2 heterocycles. The van der Waals surface area contributed by atoms with E-state index in [4.69, 9.17) is 29.9 Å². The second-order valence-corrected chi connectivity index (χ2v) is 19.4. The number of non-ortho nitro benzene ring substituents is 2. The predicted molar refractivity (Wildman–Crippen MR) is 321 cm³/mol. The number of nitro groups is 2. The van der Waals surface area contributed by atoms with Gasteiger partial charge in [-0.25, -0.2) is 0 Å².